The molecule has 0 N–H and O–H groups in total. The first-order valence-electron chi connectivity index (χ1n) is 7.87. The highest BCUT2D eigenvalue weighted by atomic mass is 35.5. The lowest BCUT2D eigenvalue weighted by atomic mass is 10.1. The molecule has 1 aliphatic rings. The SMILES string of the molecule is O=C(COC(=O)c1ccc(N2C(=O)CCC2=O)cc1)c1ccc(Cl)cc1. The zero-order valence-electron chi connectivity index (χ0n) is 13.6. The van der Waals surface area contributed by atoms with Gasteiger partial charge >= 0.3 is 5.97 Å². The molecule has 2 aromatic carbocycles. The number of esters is 1. The summed E-state index contributed by atoms with van der Waals surface area (Å²) in [7, 11) is 0. The fourth-order valence-electron chi connectivity index (χ4n) is 2.54. The molecular formula is C19H14ClNO5. The minimum absolute atomic E-state index is 0.190. The number of ether oxygens (including phenoxy) is 1. The molecule has 26 heavy (non-hydrogen) atoms. The van der Waals surface area contributed by atoms with Crippen LogP contribution in [0.3, 0.4) is 0 Å². The van der Waals surface area contributed by atoms with Crippen molar-refractivity contribution in [1.29, 1.82) is 0 Å². The number of anilines is 1. The lowest BCUT2D eigenvalue weighted by molar-refractivity contribution is -0.121. The summed E-state index contributed by atoms with van der Waals surface area (Å²) in [6, 6.07) is 12.2. The van der Waals surface area contributed by atoms with E-state index in [0.29, 0.717) is 16.3 Å². The van der Waals surface area contributed by atoms with Gasteiger partial charge in [0, 0.05) is 23.4 Å². The number of benzene rings is 2. The zero-order valence-corrected chi connectivity index (χ0v) is 14.4. The monoisotopic (exact) mass is 371 g/mol. The summed E-state index contributed by atoms with van der Waals surface area (Å²) in [5.41, 5.74) is 1.02. The summed E-state index contributed by atoms with van der Waals surface area (Å²) >= 11 is 5.76. The van der Waals surface area contributed by atoms with E-state index in [9.17, 15) is 19.2 Å². The molecule has 2 aromatic rings. The van der Waals surface area contributed by atoms with Gasteiger partial charge in [-0.3, -0.25) is 19.3 Å². The average Bonchev–Trinajstić information content (AvgIpc) is 2.98. The predicted molar refractivity (Wildman–Crippen MR) is 94.2 cm³/mol. The van der Waals surface area contributed by atoms with Gasteiger partial charge in [0.25, 0.3) is 0 Å². The topological polar surface area (TPSA) is 80.8 Å². The zero-order chi connectivity index (χ0) is 18.7. The van der Waals surface area contributed by atoms with Crippen LogP contribution in [0.5, 0.6) is 0 Å². The molecule has 1 aliphatic heterocycles. The van der Waals surface area contributed by atoms with Crippen LogP contribution in [0.4, 0.5) is 5.69 Å². The number of amides is 2. The Kier molecular flexibility index (Phi) is 5.14. The summed E-state index contributed by atoms with van der Waals surface area (Å²) in [6.45, 7) is -0.398. The minimum atomic E-state index is -0.669. The largest absolute Gasteiger partial charge is 0.454 e. The van der Waals surface area contributed by atoms with Crippen molar-refractivity contribution in [2.75, 3.05) is 11.5 Å². The second kappa shape index (κ2) is 7.49. The van der Waals surface area contributed by atoms with Crippen molar-refractivity contribution in [2.24, 2.45) is 0 Å². The first-order valence-corrected chi connectivity index (χ1v) is 8.25. The number of Topliss-reactive ketones (excluding diaryl/α,β-unsaturated/α-hetero) is 1. The summed E-state index contributed by atoms with van der Waals surface area (Å²) < 4.78 is 5.01. The van der Waals surface area contributed by atoms with Crippen LogP contribution in [0.15, 0.2) is 48.5 Å². The fourth-order valence-corrected chi connectivity index (χ4v) is 2.67. The Hall–Kier alpha value is -2.99. The third-order valence-corrected chi connectivity index (χ3v) is 4.17. The summed E-state index contributed by atoms with van der Waals surface area (Å²) in [5.74, 6) is -1.55. The van der Waals surface area contributed by atoms with Crippen LogP contribution in [-0.2, 0) is 14.3 Å². The Morgan fingerprint density at radius 3 is 2.00 bits per heavy atom. The van der Waals surface area contributed by atoms with Gasteiger partial charge in [-0.1, -0.05) is 11.6 Å². The number of hydrogen-bond acceptors (Lipinski definition) is 5. The van der Waals surface area contributed by atoms with E-state index in [1.54, 1.807) is 24.3 Å². The highest BCUT2D eigenvalue weighted by molar-refractivity contribution is 6.30. The van der Waals surface area contributed by atoms with Crippen molar-refractivity contribution in [3.63, 3.8) is 0 Å². The number of imide groups is 1. The Bertz CT molecular complexity index is 858. The highest BCUT2D eigenvalue weighted by Crippen LogP contribution is 2.23. The molecule has 0 unspecified atom stereocenters. The van der Waals surface area contributed by atoms with Crippen LogP contribution < -0.4 is 4.90 Å². The van der Waals surface area contributed by atoms with Gasteiger partial charge in [-0.05, 0) is 48.5 Å². The number of rotatable bonds is 5. The van der Waals surface area contributed by atoms with E-state index in [1.165, 1.54) is 24.3 Å². The van der Waals surface area contributed by atoms with Gasteiger partial charge < -0.3 is 4.74 Å². The second-order valence-corrected chi connectivity index (χ2v) is 6.11. The predicted octanol–water partition coefficient (Wildman–Crippen LogP) is 3.03. The molecule has 1 heterocycles. The summed E-state index contributed by atoms with van der Waals surface area (Å²) in [5, 5.41) is 0.508. The lowest BCUT2D eigenvalue weighted by Gasteiger charge is -2.14. The standard InChI is InChI=1S/C19H14ClNO5/c20-14-5-1-12(2-6-14)16(22)11-26-19(25)13-3-7-15(8-4-13)21-17(23)9-10-18(21)24/h1-8H,9-11H2. The van der Waals surface area contributed by atoms with Gasteiger partial charge in [-0.2, -0.15) is 0 Å². The number of carbonyl (C=O) groups is 4. The normalized spacial score (nSPS) is 13.8. The van der Waals surface area contributed by atoms with Crippen LogP contribution in [0, 0.1) is 0 Å². The molecule has 0 saturated carbocycles. The molecule has 132 valence electrons. The Labute approximate surface area is 154 Å². The van der Waals surface area contributed by atoms with Crippen molar-refractivity contribution in [3.05, 3.63) is 64.7 Å². The molecule has 1 fully saturated rings. The summed E-state index contributed by atoms with van der Waals surface area (Å²) in [6.07, 6.45) is 0.380. The van der Waals surface area contributed by atoms with E-state index in [1.807, 2.05) is 0 Å². The smallest absolute Gasteiger partial charge is 0.338 e. The van der Waals surface area contributed by atoms with Crippen LogP contribution >= 0.6 is 11.6 Å². The van der Waals surface area contributed by atoms with Gasteiger partial charge in [-0.25, -0.2) is 4.79 Å². The van der Waals surface area contributed by atoms with Crippen LogP contribution in [0.25, 0.3) is 0 Å². The maximum absolute atomic E-state index is 12.1. The summed E-state index contributed by atoms with van der Waals surface area (Å²) in [4.78, 5) is 48.5. The second-order valence-electron chi connectivity index (χ2n) is 5.68. The van der Waals surface area contributed by atoms with Crippen LogP contribution in [-0.4, -0.2) is 30.2 Å². The Morgan fingerprint density at radius 2 is 1.42 bits per heavy atom. The van der Waals surface area contributed by atoms with Gasteiger partial charge in [0.15, 0.2) is 12.4 Å². The molecule has 6 nitrogen and oxygen atoms in total. The van der Waals surface area contributed by atoms with E-state index < -0.39 is 12.6 Å². The first-order chi connectivity index (χ1) is 12.5. The van der Waals surface area contributed by atoms with Gasteiger partial charge in [0.1, 0.15) is 0 Å². The third kappa shape index (κ3) is 3.81. The molecule has 0 atom stereocenters. The number of nitrogens with zero attached hydrogens (tertiary/aromatic N) is 1. The Balaban J connectivity index is 1.61. The third-order valence-electron chi connectivity index (χ3n) is 3.91. The van der Waals surface area contributed by atoms with E-state index >= 15 is 0 Å². The van der Waals surface area contributed by atoms with Crippen molar-refractivity contribution >= 4 is 40.9 Å². The number of halogens is 1. The molecule has 0 radical (unpaired) electrons. The van der Waals surface area contributed by atoms with Crippen molar-refractivity contribution in [2.45, 2.75) is 12.8 Å². The van der Waals surface area contributed by atoms with Gasteiger partial charge in [0.05, 0.1) is 11.3 Å². The van der Waals surface area contributed by atoms with Crippen LogP contribution in [0.2, 0.25) is 5.02 Å². The van der Waals surface area contributed by atoms with E-state index in [-0.39, 0.29) is 36.0 Å². The number of carbonyl (C=O) groups excluding carboxylic acids is 4. The molecular weight excluding hydrogens is 358 g/mol. The Morgan fingerprint density at radius 1 is 0.885 bits per heavy atom. The van der Waals surface area contributed by atoms with Crippen molar-refractivity contribution < 1.29 is 23.9 Å². The molecule has 0 spiro atoms. The molecule has 0 aliphatic carbocycles. The first kappa shape index (κ1) is 17.8. The van der Waals surface area contributed by atoms with Crippen LogP contribution in [0.1, 0.15) is 33.6 Å². The quantitative estimate of drug-likeness (QED) is 0.458. The van der Waals surface area contributed by atoms with Gasteiger partial charge in [0.2, 0.25) is 11.8 Å². The van der Waals surface area contributed by atoms with E-state index in [0.717, 1.165) is 4.90 Å². The average molecular weight is 372 g/mol. The molecule has 0 bridgehead atoms. The molecule has 3 rings (SSSR count). The van der Waals surface area contributed by atoms with Crippen molar-refractivity contribution in [1.82, 2.24) is 0 Å². The van der Waals surface area contributed by atoms with E-state index in [2.05, 4.69) is 0 Å². The maximum atomic E-state index is 12.1. The lowest BCUT2D eigenvalue weighted by Crippen LogP contribution is -2.28. The fraction of sp³-hybridized carbons (Fsp3) is 0.158. The van der Waals surface area contributed by atoms with Gasteiger partial charge in [-0.15, -0.1) is 0 Å². The molecule has 1 saturated heterocycles. The molecule has 7 heteroatoms. The van der Waals surface area contributed by atoms with Crippen molar-refractivity contribution in [3.8, 4) is 0 Å². The number of hydrogen-bond donors (Lipinski definition) is 0. The molecule has 0 aromatic heterocycles. The minimum Gasteiger partial charge on any atom is -0.454 e. The highest BCUT2D eigenvalue weighted by Gasteiger charge is 2.30. The maximum Gasteiger partial charge on any atom is 0.338 e. The molecule has 2 amide bonds. The van der Waals surface area contributed by atoms with E-state index in [4.69, 9.17) is 16.3 Å². The number of ketones is 1.